The Morgan fingerprint density at radius 2 is 2.05 bits per heavy atom. The van der Waals surface area contributed by atoms with Crippen LogP contribution in [-0.4, -0.2) is 75.5 Å². The molecule has 2 aliphatic rings. The van der Waals surface area contributed by atoms with E-state index in [0.717, 1.165) is 51.9 Å². The van der Waals surface area contributed by atoms with E-state index < -0.39 is 0 Å². The number of H-pyrrole nitrogens is 1. The van der Waals surface area contributed by atoms with Gasteiger partial charge in [0, 0.05) is 69.0 Å². The maximum atomic E-state index is 12.1. The summed E-state index contributed by atoms with van der Waals surface area (Å²) in [4.78, 5) is 37.2. The van der Waals surface area contributed by atoms with Gasteiger partial charge >= 0.3 is 0 Å². The Morgan fingerprint density at radius 3 is 2.79 bits per heavy atom. The van der Waals surface area contributed by atoms with Gasteiger partial charge in [0.25, 0.3) is 0 Å². The van der Waals surface area contributed by atoms with Crippen molar-refractivity contribution in [3.05, 3.63) is 59.4 Å². The van der Waals surface area contributed by atoms with Crippen LogP contribution in [0.2, 0.25) is 0 Å². The number of nitrogens with zero attached hydrogens (tertiary/aromatic N) is 5. The Kier molecular flexibility index (Phi) is 7.13. The molecule has 0 bridgehead atoms. The largest absolute Gasteiger partial charge is 0.438 e. The third-order valence-corrected chi connectivity index (χ3v) is 7.27. The summed E-state index contributed by atoms with van der Waals surface area (Å²) in [5.41, 5.74) is 4.93. The minimum absolute atomic E-state index is 0.0279. The molecule has 1 aromatic carbocycles. The molecule has 5 rings (SSSR count). The Bertz CT molecular complexity index is 1420. The number of aromatic nitrogens is 4. The number of allylic oxidation sites excluding steroid dienone is 1. The third kappa shape index (κ3) is 4.98. The van der Waals surface area contributed by atoms with Crippen molar-refractivity contribution in [3.63, 3.8) is 0 Å². The molecule has 38 heavy (non-hydrogen) atoms. The van der Waals surface area contributed by atoms with Gasteiger partial charge < -0.3 is 19.9 Å². The molecule has 10 heteroatoms. The summed E-state index contributed by atoms with van der Waals surface area (Å²) in [5.74, 6) is 1.86. The number of ether oxygens (including phenoxy) is 1. The Labute approximate surface area is 221 Å². The van der Waals surface area contributed by atoms with Gasteiger partial charge in [-0.05, 0) is 43.5 Å². The molecule has 2 N–H and O–H groups in total. The van der Waals surface area contributed by atoms with Gasteiger partial charge in [-0.15, -0.1) is 0 Å². The topological polar surface area (TPSA) is 116 Å². The van der Waals surface area contributed by atoms with Gasteiger partial charge in [-0.3, -0.25) is 14.7 Å². The fourth-order valence-corrected chi connectivity index (χ4v) is 5.13. The van der Waals surface area contributed by atoms with Gasteiger partial charge in [0.2, 0.25) is 23.6 Å². The molecule has 2 aliphatic heterocycles. The van der Waals surface area contributed by atoms with Crippen molar-refractivity contribution in [1.29, 1.82) is 0 Å². The lowest BCUT2D eigenvalue weighted by atomic mass is 9.89. The van der Waals surface area contributed by atoms with Crippen molar-refractivity contribution < 1.29 is 14.3 Å². The number of carbonyl (C=O) groups is 2. The van der Waals surface area contributed by atoms with Crippen LogP contribution in [0.1, 0.15) is 47.6 Å². The van der Waals surface area contributed by atoms with Crippen LogP contribution < -0.4 is 10.1 Å². The first kappa shape index (κ1) is 25.4. The predicted octanol–water partition coefficient (Wildman–Crippen LogP) is 3.42. The maximum absolute atomic E-state index is 12.1. The molecule has 0 spiro atoms. The summed E-state index contributed by atoms with van der Waals surface area (Å²) in [7, 11) is 3.48. The molecule has 0 unspecified atom stereocenters. The molecule has 198 valence electrons. The highest BCUT2D eigenvalue weighted by Gasteiger charge is 2.30. The lowest BCUT2D eigenvalue weighted by Crippen LogP contribution is -2.37. The Hall–Kier alpha value is -4.21. The molecule has 0 radical (unpaired) electrons. The molecular formula is C28H33N7O3. The number of amides is 2. The number of aryl methyl sites for hydroxylation is 1. The minimum atomic E-state index is -0.0409. The zero-order valence-electron chi connectivity index (χ0n) is 22.1. The van der Waals surface area contributed by atoms with Gasteiger partial charge in [-0.1, -0.05) is 12.6 Å². The SMILES string of the molecule is C=CC(=O)N1CCC(c2nc(NCCC(=O)N(C)C)nc3c2CC=C(c2c(C)ccc4[nH]ncc24)O3)CC1. The van der Waals surface area contributed by atoms with Crippen LogP contribution in [0, 0.1) is 6.92 Å². The van der Waals surface area contributed by atoms with Crippen LogP contribution >= 0.6 is 0 Å². The van der Waals surface area contributed by atoms with Crippen molar-refractivity contribution in [2.24, 2.45) is 0 Å². The number of benzene rings is 1. The summed E-state index contributed by atoms with van der Waals surface area (Å²) in [5, 5.41) is 11.5. The van der Waals surface area contributed by atoms with E-state index in [-0.39, 0.29) is 17.7 Å². The second kappa shape index (κ2) is 10.6. The number of fused-ring (bicyclic) bond motifs is 2. The summed E-state index contributed by atoms with van der Waals surface area (Å²) >= 11 is 0. The average Bonchev–Trinajstić information content (AvgIpc) is 3.40. The van der Waals surface area contributed by atoms with Crippen LogP contribution in [0.15, 0.2) is 37.1 Å². The number of nitrogens with one attached hydrogen (secondary N) is 2. The minimum Gasteiger partial charge on any atom is -0.438 e. The van der Waals surface area contributed by atoms with Crippen LogP contribution in [0.4, 0.5) is 5.95 Å². The number of piperidine rings is 1. The van der Waals surface area contributed by atoms with Gasteiger partial charge in [0.1, 0.15) is 5.76 Å². The lowest BCUT2D eigenvalue weighted by Gasteiger charge is -2.32. The van der Waals surface area contributed by atoms with Crippen LogP contribution in [-0.2, 0) is 16.0 Å². The number of likely N-dealkylation sites (tertiary alicyclic amines) is 1. The molecule has 2 aromatic heterocycles. The smallest absolute Gasteiger partial charge is 0.245 e. The van der Waals surface area contributed by atoms with Gasteiger partial charge in [-0.2, -0.15) is 10.1 Å². The fourth-order valence-electron chi connectivity index (χ4n) is 5.13. The molecule has 3 aromatic rings. The molecule has 0 saturated carbocycles. The van der Waals surface area contributed by atoms with Crippen LogP contribution in [0.25, 0.3) is 16.7 Å². The van der Waals surface area contributed by atoms with E-state index in [1.54, 1.807) is 19.0 Å². The van der Waals surface area contributed by atoms with Crippen molar-refractivity contribution in [3.8, 4) is 5.88 Å². The summed E-state index contributed by atoms with van der Waals surface area (Å²) in [6.45, 7) is 7.38. The van der Waals surface area contributed by atoms with Crippen LogP contribution in [0.5, 0.6) is 5.88 Å². The molecular weight excluding hydrogens is 482 g/mol. The molecule has 2 amide bonds. The van der Waals surface area contributed by atoms with Gasteiger partial charge in [0.15, 0.2) is 0 Å². The zero-order chi connectivity index (χ0) is 26.8. The standard InChI is InChI=1S/C28H33N7O3/c1-5-23(36)35-14-11-18(12-15-35)26-19-7-9-22(25-17(2)6-8-21-20(25)16-30-33-21)38-27(19)32-28(31-26)29-13-10-24(37)34(3)4/h5-6,8-9,16,18H,1,7,10-15H2,2-4H3,(H,30,33)(H,29,31,32). The van der Waals surface area contributed by atoms with Crippen molar-refractivity contribution in [1.82, 2.24) is 30.0 Å². The zero-order valence-corrected chi connectivity index (χ0v) is 22.1. The van der Waals surface area contributed by atoms with E-state index in [1.807, 2.05) is 23.2 Å². The molecule has 10 nitrogen and oxygen atoms in total. The Morgan fingerprint density at radius 1 is 1.26 bits per heavy atom. The molecule has 0 aliphatic carbocycles. The first-order valence-electron chi connectivity index (χ1n) is 12.9. The second-order valence-electron chi connectivity index (χ2n) is 9.95. The Balaban J connectivity index is 1.45. The number of anilines is 1. The molecule has 4 heterocycles. The highest BCUT2D eigenvalue weighted by molar-refractivity contribution is 5.92. The van der Waals surface area contributed by atoms with Crippen LogP contribution in [0.3, 0.4) is 0 Å². The highest BCUT2D eigenvalue weighted by Crippen LogP contribution is 2.39. The van der Waals surface area contributed by atoms with E-state index >= 15 is 0 Å². The van der Waals surface area contributed by atoms with E-state index in [9.17, 15) is 9.59 Å². The monoisotopic (exact) mass is 515 g/mol. The number of hydrogen-bond acceptors (Lipinski definition) is 7. The summed E-state index contributed by atoms with van der Waals surface area (Å²) in [6, 6.07) is 4.06. The first-order valence-corrected chi connectivity index (χ1v) is 12.9. The quantitative estimate of drug-likeness (QED) is 0.463. The normalized spacial score (nSPS) is 15.4. The number of rotatable bonds is 7. The molecule has 1 fully saturated rings. The lowest BCUT2D eigenvalue weighted by molar-refractivity contribution is -0.128. The number of aromatic amines is 1. The van der Waals surface area contributed by atoms with Gasteiger partial charge in [0.05, 0.1) is 17.4 Å². The molecule has 0 atom stereocenters. The molecule has 1 saturated heterocycles. The van der Waals surface area contributed by atoms with E-state index in [1.165, 1.54) is 6.08 Å². The van der Waals surface area contributed by atoms with Gasteiger partial charge in [-0.25, -0.2) is 4.98 Å². The van der Waals surface area contributed by atoms with Crippen molar-refractivity contribution >= 4 is 34.4 Å². The predicted molar refractivity (Wildman–Crippen MR) is 146 cm³/mol. The van der Waals surface area contributed by atoms with E-state index in [4.69, 9.17) is 14.7 Å². The second-order valence-corrected chi connectivity index (χ2v) is 9.95. The number of carbonyl (C=O) groups excluding carboxylic acids is 2. The maximum Gasteiger partial charge on any atom is 0.245 e. The number of hydrogen-bond donors (Lipinski definition) is 2. The fraction of sp³-hybridized carbons (Fsp3) is 0.393. The summed E-state index contributed by atoms with van der Waals surface area (Å²) < 4.78 is 6.47. The van der Waals surface area contributed by atoms with E-state index in [0.29, 0.717) is 44.3 Å². The highest BCUT2D eigenvalue weighted by atomic mass is 16.5. The first-order chi connectivity index (χ1) is 18.4. The van der Waals surface area contributed by atoms with Crippen molar-refractivity contribution in [2.75, 3.05) is 39.0 Å². The summed E-state index contributed by atoms with van der Waals surface area (Å²) in [6.07, 6.45) is 7.83. The third-order valence-electron chi connectivity index (χ3n) is 7.27. The van der Waals surface area contributed by atoms with E-state index in [2.05, 4.69) is 35.1 Å². The average molecular weight is 516 g/mol. The van der Waals surface area contributed by atoms with Crippen molar-refractivity contribution in [2.45, 2.75) is 38.5 Å².